The van der Waals surface area contributed by atoms with Crippen molar-refractivity contribution < 1.29 is 0 Å². The van der Waals surface area contributed by atoms with E-state index in [4.69, 9.17) is 10.7 Å². The molecule has 2 heterocycles. The number of rotatable bonds is 2. The Morgan fingerprint density at radius 3 is 2.39 bits per heavy atom. The second-order valence-corrected chi connectivity index (χ2v) is 7.67. The van der Waals surface area contributed by atoms with Crippen LogP contribution in [0.2, 0.25) is 0 Å². The fourth-order valence-electron chi connectivity index (χ4n) is 3.35. The third kappa shape index (κ3) is 3.08. The van der Waals surface area contributed by atoms with Gasteiger partial charge in [0.25, 0.3) is 0 Å². The molecule has 0 spiro atoms. The molecular formula is C22H20N6. The topological polar surface area (TPSA) is 93.4 Å². The van der Waals surface area contributed by atoms with Gasteiger partial charge in [-0.25, -0.2) is 15.0 Å². The van der Waals surface area contributed by atoms with Crippen molar-refractivity contribution in [2.75, 3.05) is 5.73 Å². The fourth-order valence-corrected chi connectivity index (χ4v) is 3.35. The van der Waals surface area contributed by atoms with Gasteiger partial charge in [-0.15, -0.1) is 0 Å². The van der Waals surface area contributed by atoms with Crippen molar-refractivity contribution in [3.8, 4) is 28.6 Å². The smallest absolute Gasteiger partial charge is 0.219 e. The molecule has 0 unspecified atom stereocenters. The number of benzene rings is 2. The summed E-state index contributed by atoms with van der Waals surface area (Å²) in [5.74, 6) is 1.09. The van der Waals surface area contributed by atoms with E-state index < -0.39 is 0 Å². The van der Waals surface area contributed by atoms with Gasteiger partial charge in [0.05, 0.1) is 22.7 Å². The van der Waals surface area contributed by atoms with Crippen LogP contribution in [0, 0.1) is 11.3 Å². The normalized spacial score (nSPS) is 11.5. The molecule has 4 rings (SSSR count). The molecule has 0 fully saturated rings. The van der Waals surface area contributed by atoms with E-state index in [1.807, 2.05) is 30.3 Å². The number of hydrogen-bond donors (Lipinski definition) is 1. The summed E-state index contributed by atoms with van der Waals surface area (Å²) in [5, 5.41) is 9.26. The van der Waals surface area contributed by atoms with Crippen LogP contribution in [-0.4, -0.2) is 19.5 Å². The molecule has 0 radical (unpaired) electrons. The van der Waals surface area contributed by atoms with Crippen LogP contribution in [-0.2, 0) is 5.54 Å². The molecule has 0 amide bonds. The van der Waals surface area contributed by atoms with Gasteiger partial charge in [0, 0.05) is 29.1 Å². The Bertz CT molecular complexity index is 1210. The summed E-state index contributed by atoms with van der Waals surface area (Å²) >= 11 is 0. The molecule has 0 aliphatic heterocycles. The molecule has 2 aromatic heterocycles. The standard InChI is InChI=1S/C22H20N6/c1-22(2,3)28-19-8-7-15(17-12-25-21(24)26-13-17)10-18(19)27-20(28)16-6-4-5-14(9-16)11-23/h4-10,12-13H,1-3H3,(H2,24,25,26). The minimum Gasteiger partial charge on any atom is -0.368 e. The molecule has 6 nitrogen and oxygen atoms in total. The Hall–Kier alpha value is -3.72. The third-order valence-electron chi connectivity index (χ3n) is 4.58. The Balaban J connectivity index is 1.94. The summed E-state index contributed by atoms with van der Waals surface area (Å²) in [7, 11) is 0. The monoisotopic (exact) mass is 368 g/mol. The van der Waals surface area contributed by atoms with Gasteiger partial charge in [-0.05, 0) is 50.6 Å². The number of nitriles is 1. The average molecular weight is 368 g/mol. The minimum atomic E-state index is -0.182. The van der Waals surface area contributed by atoms with Crippen LogP contribution in [0.1, 0.15) is 26.3 Å². The lowest BCUT2D eigenvalue weighted by atomic mass is 10.1. The van der Waals surface area contributed by atoms with E-state index in [2.05, 4.69) is 47.4 Å². The molecule has 0 aliphatic carbocycles. The molecule has 4 aromatic rings. The number of anilines is 1. The lowest BCUT2D eigenvalue weighted by Gasteiger charge is -2.25. The van der Waals surface area contributed by atoms with Crippen molar-refractivity contribution in [1.82, 2.24) is 19.5 Å². The van der Waals surface area contributed by atoms with Crippen LogP contribution in [0.25, 0.3) is 33.5 Å². The third-order valence-corrected chi connectivity index (χ3v) is 4.58. The van der Waals surface area contributed by atoms with E-state index in [0.717, 1.165) is 33.5 Å². The summed E-state index contributed by atoms with van der Waals surface area (Å²) in [5.41, 5.74) is 10.7. The number of nitrogens with two attached hydrogens (primary N) is 1. The summed E-state index contributed by atoms with van der Waals surface area (Å²) in [6.45, 7) is 6.44. The number of fused-ring (bicyclic) bond motifs is 1. The van der Waals surface area contributed by atoms with E-state index in [0.29, 0.717) is 5.56 Å². The molecule has 28 heavy (non-hydrogen) atoms. The minimum absolute atomic E-state index is 0.182. The lowest BCUT2D eigenvalue weighted by Crippen LogP contribution is -2.22. The van der Waals surface area contributed by atoms with Gasteiger partial charge in [0.2, 0.25) is 5.95 Å². The maximum atomic E-state index is 9.26. The van der Waals surface area contributed by atoms with Crippen LogP contribution in [0.5, 0.6) is 0 Å². The predicted molar refractivity (Wildman–Crippen MR) is 110 cm³/mol. The highest BCUT2D eigenvalue weighted by Gasteiger charge is 2.23. The molecule has 0 aliphatic rings. The first-order valence-corrected chi connectivity index (χ1v) is 8.98. The highest BCUT2D eigenvalue weighted by atomic mass is 15.1. The van der Waals surface area contributed by atoms with Gasteiger partial charge >= 0.3 is 0 Å². The number of aromatic nitrogens is 4. The van der Waals surface area contributed by atoms with Gasteiger partial charge in [-0.3, -0.25) is 0 Å². The molecule has 2 aromatic carbocycles. The van der Waals surface area contributed by atoms with Gasteiger partial charge in [-0.1, -0.05) is 18.2 Å². The van der Waals surface area contributed by atoms with E-state index in [-0.39, 0.29) is 11.5 Å². The Morgan fingerprint density at radius 1 is 0.964 bits per heavy atom. The Labute approximate surface area is 163 Å². The van der Waals surface area contributed by atoms with E-state index in [1.54, 1.807) is 18.5 Å². The van der Waals surface area contributed by atoms with Crippen LogP contribution < -0.4 is 5.73 Å². The predicted octanol–water partition coefficient (Wildman–Crippen LogP) is 4.37. The molecule has 0 bridgehead atoms. The Kier molecular flexibility index (Phi) is 4.08. The first-order valence-electron chi connectivity index (χ1n) is 8.98. The molecule has 0 saturated carbocycles. The zero-order chi connectivity index (χ0) is 19.9. The van der Waals surface area contributed by atoms with E-state index >= 15 is 0 Å². The van der Waals surface area contributed by atoms with Crippen molar-refractivity contribution in [1.29, 1.82) is 5.26 Å². The number of imidazole rings is 1. The quantitative estimate of drug-likeness (QED) is 0.567. The highest BCUT2D eigenvalue weighted by molar-refractivity contribution is 5.85. The van der Waals surface area contributed by atoms with Gasteiger partial charge in [0.15, 0.2) is 0 Å². The van der Waals surface area contributed by atoms with Crippen molar-refractivity contribution in [3.05, 3.63) is 60.4 Å². The molecule has 6 heteroatoms. The van der Waals surface area contributed by atoms with Crippen molar-refractivity contribution in [2.45, 2.75) is 26.3 Å². The maximum absolute atomic E-state index is 9.26. The van der Waals surface area contributed by atoms with E-state index in [9.17, 15) is 5.26 Å². The first kappa shape index (κ1) is 17.7. The van der Waals surface area contributed by atoms with Crippen LogP contribution >= 0.6 is 0 Å². The maximum Gasteiger partial charge on any atom is 0.219 e. The SMILES string of the molecule is CC(C)(C)n1c(-c2cccc(C#N)c2)nc2cc(-c3cnc(N)nc3)ccc21. The largest absolute Gasteiger partial charge is 0.368 e. The van der Waals surface area contributed by atoms with Gasteiger partial charge < -0.3 is 10.3 Å². The molecular weight excluding hydrogens is 348 g/mol. The number of nitrogens with zero attached hydrogens (tertiary/aromatic N) is 5. The lowest BCUT2D eigenvalue weighted by molar-refractivity contribution is 0.413. The molecule has 0 atom stereocenters. The number of hydrogen-bond acceptors (Lipinski definition) is 5. The van der Waals surface area contributed by atoms with Crippen LogP contribution in [0.3, 0.4) is 0 Å². The van der Waals surface area contributed by atoms with Crippen molar-refractivity contribution in [3.63, 3.8) is 0 Å². The summed E-state index contributed by atoms with van der Waals surface area (Å²) in [4.78, 5) is 13.1. The summed E-state index contributed by atoms with van der Waals surface area (Å²) < 4.78 is 2.21. The molecule has 2 N–H and O–H groups in total. The highest BCUT2D eigenvalue weighted by Crippen LogP contribution is 2.33. The fraction of sp³-hybridized carbons (Fsp3) is 0.182. The molecule has 138 valence electrons. The number of nitrogen functional groups attached to an aromatic ring is 1. The van der Waals surface area contributed by atoms with Crippen LogP contribution in [0.15, 0.2) is 54.9 Å². The zero-order valence-electron chi connectivity index (χ0n) is 16.0. The van der Waals surface area contributed by atoms with Crippen molar-refractivity contribution >= 4 is 17.0 Å². The second kappa shape index (κ2) is 6.46. The van der Waals surface area contributed by atoms with Gasteiger partial charge in [-0.2, -0.15) is 5.26 Å². The van der Waals surface area contributed by atoms with Crippen LogP contribution in [0.4, 0.5) is 5.95 Å². The van der Waals surface area contributed by atoms with Crippen molar-refractivity contribution in [2.24, 2.45) is 0 Å². The van der Waals surface area contributed by atoms with Gasteiger partial charge in [0.1, 0.15) is 5.82 Å². The van der Waals surface area contributed by atoms with E-state index in [1.165, 1.54) is 0 Å². The summed E-state index contributed by atoms with van der Waals surface area (Å²) in [6.07, 6.45) is 3.42. The summed E-state index contributed by atoms with van der Waals surface area (Å²) in [6, 6.07) is 15.9. The second-order valence-electron chi connectivity index (χ2n) is 7.67. The zero-order valence-corrected chi connectivity index (χ0v) is 16.0. The average Bonchev–Trinajstić information content (AvgIpc) is 3.08. The molecule has 0 saturated heterocycles. The Morgan fingerprint density at radius 2 is 1.71 bits per heavy atom. The first-order chi connectivity index (χ1) is 13.4.